The molecule has 5 nitrogen and oxygen atoms in total. The highest BCUT2D eigenvalue weighted by atomic mass is 35.5. The normalized spacial score (nSPS) is 15.0. The van der Waals surface area contributed by atoms with Gasteiger partial charge in [0.2, 0.25) is 5.95 Å². The largest absolute Gasteiger partial charge is 0.434 e. The maximum Gasteiger partial charge on any atom is 0.434 e. The molecule has 1 amide bonds. The zero-order valence-electron chi connectivity index (χ0n) is 14.3. The fourth-order valence-electron chi connectivity index (χ4n) is 3.07. The monoisotopic (exact) mass is 398 g/mol. The van der Waals surface area contributed by atoms with E-state index in [4.69, 9.17) is 11.8 Å². The number of nitrogens with one attached hydrogen (secondary N) is 1. The van der Waals surface area contributed by atoms with Crippen LogP contribution in [0.1, 0.15) is 41.7 Å². The Kier molecular flexibility index (Phi) is 5.84. The summed E-state index contributed by atoms with van der Waals surface area (Å²) in [6.45, 7) is 0.351. The third-order valence-electron chi connectivity index (χ3n) is 4.47. The molecular formula is C18H18ClF3N4O. The number of rotatable bonds is 5. The zero-order valence-corrected chi connectivity index (χ0v) is 15.1. The van der Waals surface area contributed by atoms with E-state index in [-0.39, 0.29) is 5.95 Å². The quantitative estimate of drug-likeness (QED) is 0.741. The van der Waals surface area contributed by atoms with Crippen LogP contribution in [0.15, 0.2) is 36.5 Å². The van der Waals surface area contributed by atoms with Gasteiger partial charge < -0.3 is 5.32 Å². The number of carbonyl (C=O) groups is 1. The van der Waals surface area contributed by atoms with Crippen molar-refractivity contribution in [3.63, 3.8) is 0 Å². The SMILES string of the molecule is O=C(NCC1CCCC1)c1cnc(N(Cl)c2ccccc2)nc1C(F)(F)F. The molecule has 0 bridgehead atoms. The molecule has 0 atom stereocenters. The second kappa shape index (κ2) is 8.12. The summed E-state index contributed by atoms with van der Waals surface area (Å²) in [7, 11) is 0. The van der Waals surface area contributed by atoms with Gasteiger partial charge in [0.25, 0.3) is 5.91 Å². The van der Waals surface area contributed by atoms with Crippen LogP contribution in [0.3, 0.4) is 0 Å². The van der Waals surface area contributed by atoms with Gasteiger partial charge in [-0.3, -0.25) is 4.79 Å². The molecule has 27 heavy (non-hydrogen) atoms. The third-order valence-corrected chi connectivity index (χ3v) is 4.82. The molecule has 0 unspecified atom stereocenters. The van der Waals surface area contributed by atoms with Crippen LogP contribution in [-0.2, 0) is 6.18 Å². The third kappa shape index (κ3) is 4.68. The van der Waals surface area contributed by atoms with Gasteiger partial charge in [0, 0.05) is 24.5 Å². The lowest BCUT2D eigenvalue weighted by Crippen LogP contribution is -2.31. The lowest BCUT2D eigenvalue weighted by molar-refractivity contribution is -0.141. The van der Waals surface area contributed by atoms with E-state index in [1.54, 1.807) is 30.3 Å². The molecule has 1 saturated carbocycles. The molecule has 0 saturated heterocycles. The van der Waals surface area contributed by atoms with E-state index < -0.39 is 23.3 Å². The van der Waals surface area contributed by atoms with E-state index in [1.807, 2.05) is 0 Å². The molecule has 1 aromatic carbocycles. The van der Waals surface area contributed by atoms with Crippen LogP contribution in [0.4, 0.5) is 24.8 Å². The second-order valence-corrected chi connectivity index (χ2v) is 6.74. The highest BCUT2D eigenvalue weighted by Gasteiger charge is 2.38. The number of nitrogens with zero attached hydrogens (tertiary/aromatic N) is 3. The molecule has 1 heterocycles. The highest BCUT2D eigenvalue weighted by molar-refractivity contribution is 6.28. The first-order chi connectivity index (χ1) is 12.9. The van der Waals surface area contributed by atoms with E-state index >= 15 is 0 Å². The summed E-state index contributed by atoms with van der Waals surface area (Å²) in [4.78, 5) is 19.7. The average Bonchev–Trinajstić information content (AvgIpc) is 3.18. The van der Waals surface area contributed by atoms with Gasteiger partial charge in [0.1, 0.15) is 0 Å². The Hall–Kier alpha value is -2.35. The summed E-state index contributed by atoms with van der Waals surface area (Å²) in [5, 5.41) is 2.57. The molecule has 9 heteroatoms. The average molecular weight is 399 g/mol. The second-order valence-electron chi connectivity index (χ2n) is 6.41. The number of para-hydroxylation sites is 1. The summed E-state index contributed by atoms with van der Waals surface area (Å²) in [5.74, 6) is -0.885. The predicted molar refractivity (Wildman–Crippen MR) is 95.8 cm³/mol. The molecule has 1 aliphatic rings. The standard InChI is InChI=1S/C18H18ClF3N4O/c19-26(13-8-2-1-3-9-13)17-24-11-14(15(25-17)18(20,21)22)16(27)23-10-12-6-4-5-7-12/h1-3,8-9,11-12H,4-7,10H2,(H,23,27). The van der Waals surface area contributed by atoms with Crippen LogP contribution in [0.25, 0.3) is 0 Å². The van der Waals surface area contributed by atoms with Crippen molar-refractivity contribution < 1.29 is 18.0 Å². The topological polar surface area (TPSA) is 58.1 Å². The van der Waals surface area contributed by atoms with Crippen molar-refractivity contribution in [2.24, 2.45) is 5.92 Å². The van der Waals surface area contributed by atoms with Crippen molar-refractivity contribution in [3.8, 4) is 0 Å². The van der Waals surface area contributed by atoms with Crippen LogP contribution >= 0.6 is 11.8 Å². The Morgan fingerprint density at radius 1 is 1.22 bits per heavy atom. The zero-order chi connectivity index (χ0) is 19.4. The molecule has 2 aromatic rings. The smallest absolute Gasteiger partial charge is 0.352 e. The molecule has 0 radical (unpaired) electrons. The number of benzene rings is 1. The van der Waals surface area contributed by atoms with Gasteiger partial charge in [0.05, 0.1) is 11.3 Å². The molecular weight excluding hydrogens is 381 g/mol. The van der Waals surface area contributed by atoms with Crippen molar-refractivity contribution in [3.05, 3.63) is 47.8 Å². The maximum absolute atomic E-state index is 13.5. The summed E-state index contributed by atoms with van der Waals surface area (Å²) in [6, 6.07) is 8.31. The maximum atomic E-state index is 13.5. The number of hydrogen-bond acceptors (Lipinski definition) is 4. The number of hydrogen-bond donors (Lipinski definition) is 1. The summed E-state index contributed by atoms with van der Waals surface area (Å²) < 4.78 is 41.3. The van der Waals surface area contributed by atoms with Crippen LogP contribution in [0.5, 0.6) is 0 Å². The molecule has 0 spiro atoms. The van der Waals surface area contributed by atoms with Crippen molar-refractivity contribution in [2.45, 2.75) is 31.9 Å². The van der Waals surface area contributed by atoms with E-state index in [0.29, 0.717) is 18.2 Å². The van der Waals surface area contributed by atoms with E-state index in [2.05, 4.69) is 15.3 Å². The number of carbonyl (C=O) groups excluding carboxylic acids is 1. The van der Waals surface area contributed by atoms with Gasteiger partial charge in [0.15, 0.2) is 5.69 Å². The molecule has 1 aliphatic carbocycles. The number of aromatic nitrogens is 2. The molecule has 1 fully saturated rings. The number of alkyl halides is 3. The number of anilines is 2. The highest BCUT2D eigenvalue weighted by Crippen LogP contribution is 2.33. The first-order valence-electron chi connectivity index (χ1n) is 8.59. The first-order valence-corrected chi connectivity index (χ1v) is 8.93. The van der Waals surface area contributed by atoms with Gasteiger partial charge in [-0.05, 0) is 30.9 Å². The van der Waals surface area contributed by atoms with E-state index in [1.165, 1.54) is 0 Å². The molecule has 144 valence electrons. The molecule has 1 N–H and O–H groups in total. The van der Waals surface area contributed by atoms with Crippen LogP contribution in [0, 0.1) is 5.92 Å². The van der Waals surface area contributed by atoms with Crippen LogP contribution < -0.4 is 9.74 Å². The molecule has 0 aliphatic heterocycles. The van der Waals surface area contributed by atoms with Crippen molar-refractivity contribution in [1.29, 1.82) is 0 Å². The Morgan fingerprint density at radius 3 is 2.52 bits per heavy atom. The summed E-state index contributed by atoms with van der Waals surface area (Å²) in [5.41, 5.74) is -1.51. The number of halogens is 4. The Balaban J connectivity index is 1.84. The predicted octanol–water partition coefficient (Wildman–Crippen LogP) is 4.71. The van der Waals surface area contributed by atoms with E-state index in [9.17, 15) is 18.0 Å². The minimum atomic E-state index is -4.81. The van der Waals surface area contributed by atoms with Gasteiger partial charge in [-0.25, -0.2) is 14.4 Å². The van der Waals surface area contributed by atoms with Gasteiger partial charge in [-0.15, -0.1) is 0 Å². The molecule has 3 rings (SSSR count). The van der Waals surface area contributed by atoms with Crippen molar-refractivity contribution in [2.75, 3.05) is 11.0 Å². The van der Waals surface area contributed by atoms with E-state index in [0.717, 1.165) is 36.3 Å². The fourth-order valence-corrected chi connectivity index (χ4v) is 3.26. The summed E-state index contributed by atoms with van der Waals surface area (Å²) in [6.07, 6.45) is 0.161. The van der Waals surface area contributed by atoms with Crippen molar-refractivity contribution in [1.82, 2.24) is 15.3 Å². The Labute approximate surface area is 159 Å². The lowest BCUT2D eigenvalue weighted by atomic mass is 10.1. The first kappa shape index (κ1) is 19.4. The minimum Gasteiger partial charge on any atom is -0.352 e. The summed E-state index contributed by atoms with van der Waals surface area (Å²) >= 11 is 6.07. The lowest BCUT2D eigenvalue weighted by Gasteiger charge is -2.17. The minimum absolute atomic E-state index is 0.305. The van der Waals surface area contributed by atoms with Crippen LogP contribution in [0.2, 0.25) is 0 Å². The van der Waals surface area contributed by atoms with Crippen LogP contribution in [-0.4, -0.2) is 22.4 Å². The van der Waals surface area contributed by atoms with Gasteiger partial charge in [-0.2, -0.15) is 13.2 Å². The Morgan fingerprint density at radius 2 is 1.89 bits per heavy atom. The van der Waals surface area contributed by atoms with Gasteiger partial charge >= 0.3 is 6.18 Å². The molecule has 1 aromatic heterocycles. The number of amides is 1. The fraction of sp³-hybridized carbons (Fsp3) is 0.389. The van der Waals surface area contributed by atoms with Crippen molar-refractivity contribution >= 4 is 29.3 Å². The Bertz CT molecular complexity index is 795. The van der Waals surface area contributed by atoms with Gasteiger partial charge in [-0.1, -0.05) is 31.0 Å².